The minimum Gasteiger partial charge on any atom is -0.350 e. The summed E-state index contributed by atoms with van der Waals surface area (Å²) in [5.74, 6) is 5.77. The fraction of sp³-hybridized carbons (Fsp3) is 0.455. The van der Waals surface area contributed by atoms with Gasteiger partial charge in [-0.15, -0.1) is 0 Å². The molecular formula is C11H17ClN4O. The van der Waals surface area contributed by atoms with Crippen LogP contribution in [0.15, 0.2) is 12.1 Å². The fourth-order valence-corrected chi connectivity index (χ4v) is 1.37. The van der Waals surface area contributed by atoms with Crippen LogP contribution in [0.3, 0.4) is 0 Å². The first-order valence-electron chi connectivity index (χ1n) is 5.49. The van der Waals surface area contributed by atoms with Gasteiger partial charge in [-0.2, -0.15) is 0 Å². The van der Waals surface area contributed by atoms with Crippen molar-refractivity contribution >= 4 is 23.3 Å². The summed E-state index contributed by atoms with van der Waals surface area (Å²) in [6, 6.07) is 3.19. The van der Waals surface area contributed by atoms with E-state index < -0.39 is 0 Å². The van der Waals surface area contributed by atoms with E-state index in [0.29, 0.717) is 23.3 Å². The number of nitrogens with two attached hydrogens (primary N) is 1. The molecule has 0 saturated heterocycles. The summed E-state index contributed by atoms with van der Waals surface area (Å²) >= 11 is 5.91. The number of nitrogens with zero attached hydrogens (tertiary/aromatic N) is 1. The molecular weight excluding hydrogens is 240 g/mol. The number of aromatic nitrogens is 1. The average molecular weight is 257 g/mol. The molecule has 0 spiro atoms. The molecule has 17 heavy (non-hydrogen) atoms. The van der Waals surface area contributed by atoms with Crippen molar-refractivity contribution in [2.24, 2.45) is 11.8 Å². The van der Waals surface area contributed by atoms with Crippen molar-refractivity contribution in [1.29, 1.82) is 0 Å². The van der Waals surface area contributed by atoms with E-state index in [1.807, 2.05) is 0 Å². The zero-order valence-electron chi connectivity index (χ0n) is 9.96. The van der Waals surface area contributed by atoms with Gasteiger partial charge in [0.15, 0.2) is 0 Å². The lowest BCUT2D eigenvalue weighted by Crippen LogP contribution is -2.29. The minimum atomic E-state index is -0.285. The predicted molar refractivity (Wildman–Crippen MR) is 68.8 cm³/mol. The fourth-order valence-electron chi connectivity index (χ4n) is 1.18. The van der Waals surface area contributed by atoms with Crippen molar-refractivity contribution in [3.63, 3.8) is 0 Å². The first-order chi connectivity index (χ1) is 8.08. The van der Waals surface area contributed by atoms with E-state index >= 15 is 0 Å². The summed E-state index contributed by atoms with van der Waals surface area (Å²) in [6.07, 6.45) is 1.01. The lowest BCUT2D eigenvalue weighted by molar-refractivity contribution is 0.0943. The SMILES string of the molecule is CCC(C)CNC(=O)c1nc(NN)ccc1Cl. The molecule has 0 aliphatic carbocycles. The van der Waals surface area contributed by atoms with Gasteiger partial charge in [-0.05, 0) is 18.1 Å². The summed E-state index contributed by atoms with van der Waals surface area (Å²) in [6.45, 7) is 4.74. The Morgan fingerprint density at radius 3 is 2.88 bits per heavy atom. The highest BCUT2D eigenvalue weighted by Crippen LogP contribution is 2.16. The lowest BCUT2D eigenvalue weighted by atomic mass is 10.1. The molecule has 1 heterocycles. The van der Waals surface area contributed by atoms with Crippen LogP contribution in [0.5, 0.6) is 0 Å². The number of nitrogen functional groups attached to an aromatic ring is 1. The zero-order valence-corrected chi connectivity index (χ0v) is 10.7. The number of hydrogen-bond acceptors (Lipinski definition) is 4. The van der Waals surface area contributed by atoms with Gasteiger partial charge in [-0.1, -0.05) is 31.9 Å². The molecule has 1 aromatic heterocycles. The van der Waals surface area contributed by atoms with Crippen LogP contribution < -0.4 is 16.6 Å². The Morgan fingerprint density at radius 2 is 2.29 bits per heavy atom. The number of anilines is 1. The first-order valence-corrected chi connectivity index (χ1v) is 5.87. The molecule has 0 aliphatic rings. The first kappa shape index (κ1) is 13.7. The molecule has 0 bridgehead atoms. The van der Waals surface area contributed by atoms with Crippen molar-refractivity contribution < 1.29 is 4.79 Å². The molecule has 0 saturated carbocycles. The van der Waals surface area contributed by atoms with Gasteiger partial charge in [0.2, 0.25) is 0 Å². The number of hydrogen-bond donors (Lipinski definition) is 3. The van der Waals surface area contributed by atoms with Crippen LogP contribution in [0.25, 0.3) is 0 Å². The van der Waals surface area contributed by atoms with E-state index in [0.717, 1.165) is 6.42 Å². The van der Waals surface area contributed by atoms with Gasteiger partial charge in [-0.25, -0.2) is 10.8 Å². The Kier molecular flexibility index (Phi) is 5.18. The van der Waals surface area contributed by atoms with Crippen LogP contribution in [0, 0.1) is 5.92 Å². The van der Waals surface area contributed by atoms with E-state index in [1.165, 1.54) is 0 Å². The van der Waals surface area contributed by atoms with Crippen LogP contribution in [0.1, 0.15) is 30.8 Å². The monoisotopic (exact) mass is 256 g/mol. The van der Waals surface area contributed by atoms with Gasteiger partial charge < -0.3 is 10.7 Å². The molecule has 0 radical (unpaired) electrons. The summed E-state index contributed by atoms with van der Waals surface area (Å²) in [5.41, 5.74) is 2.56. The number of carbonyl (C=O) groups is 1. The normalized spacial score (nSPS) is 12.0. The smallest absolute Gasteiger partial charge is 0.271 e. The Hall–Kier alpha value is -1.33. The molecule has 0 fully saturated rings. The molecule has 5 nitrogen and oxygen atoms in total. The van der Waals surface area contributed by atoms with Crippen LogP contribution in [0.4, 0.5) is 5.82 Å². The molecule has 1 atom stereocenters. The molecule has 1 aromatic rings. The largest absolute Gasteiger partial charge is 0.350 e. The number of halogens is 1. The zero-order chi connectivity index (χ0) is 12.8. The number of hydrazine groups is 1. The van der Waals surface area contributed by atoms with Crippen molar-refractivity contribution in [3.05, 3.63) is 22.8 Å². The van der Waals surface area contributed by atoms with Crippen LogP contribution >= 0.6 is 11.6 Å². The van der Waals surface area contributed by atoms with Crippen molar-refractivity contribution in [1.82, 2.24) is 10.3 Å². The summed E-state index contributed by atoms with van der Waals surface area (Å²) in [5, 5.41) is 3.10. The summed E-state index contributed by atoms with van der Waals surface area (Å²) in [7, 11) is 0. The van der Waals surface area contributed by atoms with Crippen molar-refractivity contribution in [2.45, 2.75) is 20.3 Å². The van der Waals surface area contributed by atoms with Gasteiger partial charge in [0.25, 0.3) is 5.91 Å². The quantitative estimate of drug-likeness (QED) is 0.554. The molecule has 1 unspecified atom stereocenters. The van der Waals surface area contributed by atoms with Gasteiger partial charge in [0.05, 0.1) is 5.02 Å². The molecule has 1 rings (SSSR count). The Morgan fingerprint density at radius 1 is 1.59 bits per heavy atom. The number of rotatable bonds is 5. The summed E-state index contributed by atoms with van der Waals surface area (Å²) in [4.78, 5) is 15.8. The van der Waals surface area contributed by atoms with Crippen LogP contribution in [-0.4, -0.2) is 17.4 Å². The number of nitrogens with one attached hydrogen (secondary N) is 2. The van der Waals surface area contributed by atoms with Crippen molar-refractivity contribution in [3.8, 4) is 0 Å². The highest BCUT2D eigenvalue weighted by atomic mass is 35.5. The van der Waals surface area contributed by atoms with Gasteiger partial charge in [-0.3, -0.25) is 4.79 Å². The Labute approximate surface area is 106 Å². The molecule has 4 N–H and O–H groups in total. The Bertz CT molecular complexity index is 397. The second kappa shape index (κ2) is 6.42. The van der Waals surface area contributed by atoms with E-state index in [9.17, 15) is 4.79 Å². The number of amides is 1. The lowest BCUT2D eigenvalue weighted by Gasteiger charge is -2.11. The topological polar surface area (TPSA) is 80.0 Å². The average Bonchev–Trinajstić information content (AvgIpc) is 2.36. The van der Waals surface area contributed by atoms with Gasteiger partial charge in [0.1, 0.15) is 11.5 Å². The van der Waals surface area contributed by atoms with E-state index in [1.54, 1.807) is 12.1 Å². The molecule has 1 amide bonds. The van der Waals surface area contributed by atoms with E-state index in [4.69, 9.17) is 17.4 Å². The maximum atomic E-state index is 11.8. The van der Waals surface area contributed by atoms with Crippen molar-refractivity contribution in [2.75, 3.05) is 12.0 Å². The third-order valence-corrected chi connectivity index (χ3v) is 2.82. The van der Waals surface area contributed by atoms with Gasteiger partial charge in [0, 0.05) is 6.54 Å². The van der Waals surface area contributed by atoms with Crippen LogP contribution in [0.2, 0.25) is 5.02 Å². The van der Waals surface area contributed by atoms with Crippen LogP contribution in [-0.2, 0) is 0 Å². The molecule has 0 aliphatic heterocycles. The Balaban J connectivity index is 2.74. The maximum absolute atomic E-state index is 11.8. The van der Waals surface area contributed by atoms with E-state index in [2.05, 4.69) is 29.6 Å². The summed E-state index contributed by atoms with van der Waals surface area (Å²) < 4.78 is 0. The minimum absolute atomic E-state index is 0.186. The number of pyridine rings is 1. The second-order valence-corrected chi connectivity index (χ2v) is 4.30. The van der Waals surface area contributed by atoms with Gasteiger partial charge >= 0.3 is 0 Å². The molecule has 94 valence electrons. The molecule has 0 aromatic carbocycles. The third kappa shape index (κ3) is 3.87. The van der Waals surface area contributed by atoms with E-state index in [-0.39, 0.29) is 11.6 Å². The highest BCUT2D eigenvalue weighted by Gasteiger charge is 2.13. The predicted octanol–water partition coefficient (Wildman–Crippen LogP) is 1.80. The highest BCUT2D eigenvalue weighted by molar-refractivity contribution is 6.33. The third-order valence-electron chi connectivity index (χ3n) is 2.52. The molecule has 6 heteroatoms. The number of carbonyl (C=O) groups excluding carboxylic acids is 1. The standard InChI is InChI=1S/C11H17ClN4O/c1-3-7(2)6-14-11(17)10-8(12)4-5-9(15-10)16-13/h4-5,7H,3,6,13H2,1-2H3,(H,14,17)(H,15,16). The second-order valence-electron chi connectivity index (χ2n) is 3.89. The maximum Gasteiger partial charge on any atom is 0.271 e.